The molecule has 1 aromatic heterocycles. The second kappa shape index (κ2) is 10.4. The lowest BCUT2D eigenvalue weighted by Gasteiger charge is -2.41. The summed E-state index contributed by atoms with van der Waals surface area (Å²) in [5.41, 5.74) is 1.16. The monoisotopic (exact) mass is 541 g/mol. The van der Waals surface area contributed by atoms with E-state index in [9.17, 15) is 17.6 Å². The number of benzene rings is 2. The largest absolute Gasteiger partial charge is 0.485 e. The van der Waals surface area contributed by atoms with Crippen molar-refractivity contribution in [2.45, 2.75) is 30.7 Å². The van der Waals surface area contributed by atoms with Gasteiger partial charge in [0.05, 0.1) is 17.1 Å². The van der Waals surface area contributed by atoms with E-state index in [0.717, 1.165) is 30.7 Å². The zero-order valence-electron chi connectivity index (χ0n) is 21.1. The van der Waals surface area contributed by atoms with Gasteiger partial charge in [-0.15, -0.1) is 0 Å². The number of anilines is 3. The van der Waals surface area contributed by atoms with Crippen molar-refractivity contribution in [2.75, 3.05) is 42.7 Å². The first kappa shape index (κ1) is 25.7. The van der Waals surface area contributed by atoms with E-state index in [0.29, 0.717) is 43.6 Å². The lowest BCUT2D eigenvalue weighted by atomic mass is 10.0. The summed E-state index contributed by atoms with van der Waals surface area (Å²) in [7, 11) is -3.53. The van der Waals surface area contributed by atoms with Crippen molar-refractivity contribution in [3.63, 3.8) is 0 Å². The minimum atomic E-state index is -3.53. The smallest absolute Gasteiger partial charge is 0.415 e. The summed E-state index contributed by atoms with van der Waals surface area (Å²) in [6, 6.07) is 11.1. The number of carbonyl (C=O) groups excluding carboxylic acids is 1. The molecule has 0 aliphatic carbocycles. The Kier molecular flexibility index (Phi) is 7.06. The van der Waals surface area contributed by atoms with Crippen LogP contribution in [-0.4, -0.2) is 67.9 Å². The van der Waals surface area contributed by atoms with E-state index in [4.69, 9.17) is 9.47 Å². The summed E-state index contributed by atoms with van der Waals surface area (Å²) in [5, 5.41) is 2.91. The number of fused-ring (bicyclic) bond motifs is 1. The number of piperidine rings is 1. The summed E-state index contributed by atoms with van der Waals surface area (Å²) < 4.78 is 49.5. The third kappa shape index (κ3) is 5.49. The van der Waals surface area contributed by atoms with Gasteiger partial charge in [0, 0.05) is 25.4 Å². The molecule has 10 nitrogen and oxygen atoms in total. The minimum absolute atomic E-state index is 0.0689. The van der Waals surface area contributed by atoms with E-state index in [1.165, 1.54) is 18.5 Å². The van der Waals surface area contributed by atoms with Gasteiger partial charge in [0.2, 0.25) is 5.75 Å². The van der Waals surface area contributed by atoms with Gasteiger partial charge >= 0.3 is 6.09 Å². The first-order valence-corrected chi connectivity index (χ1v) is 14.1. The van der Waals surface area contributed by atoms with Crippen molar-refractivity contribution in [1.82, 2.24) is 14.9 Å². The second-order valence-corrected chi connectivity index (χ2v) is 11.4. The number of ether oxygens (including phenoxy) is 2. The summed E-state index contributed by atoms with van der Waals surface area (Å²) in [6.45, 7) is 4.05. The van der Waals surface area contributed by atoms with Crippen LogP contribution in [0.25, 0.3) is 0 Å². The zero-order chi connectivity index (χ0) is 26.9. The molecule has 1 fully saturated rings. The summed E-state index contributed by atoms with van der Waals surface area (Å²) in [4.78, 5) is 25.0. The van der Waals surface area contributed by atoms with Crippen molar-refractivity contribution < 1.29 is 27.1 Å². The van der Waals surface area contributed by atoms with Gasteiger partial charge in [0.1, 0.15) is 24.5 Å². The highest BCUT2D eigenvalue weighted by molar-refractivity contribution is 7.90. The minimum Gasteiger partial charge on any atom is -0.485 e. The van der Waals surface area contributed by atoms with Gasteiger partial charge in [-0.2, -0.15) is 0 Å². The molecule has 1 saturated heterocycles. The van der Waals surface area contributed by atoms with Crippen LogP contribution in [0.2, 0.25) is 0 Å². The fourth-order valence-electron chi connectivity index (χ4n) is 4.59. The summed E-state index contributed by atoms with van der Waals surface area (Å²) in [6.07, 6.45) is 3.47. The Hall–Kier alpha value is -3.93. The molecule has 2 aliphatic heterocycles. The van der Waals surface area contributed by atoms with E-state index in [-0.39, 0.29) is 28.5 Å². The van der Waals surface area contributed by atoms with Crippen LogP contribution in [0.1, 0.15) is 18.4 Å². The normalized spacial score (nSPS) is 16.0. The van der Waals surface area contributed by atoms with Gasteiger partial charge in [-0.25, -0.2) is 27.6 Å². The van der Waals surface area contributed by atoms with E-state index >= 15 is 0 Å². The van der Waals surface area contributed by atoms with Crippen molar-refractivity contribution in [3.8, 4) is 11.5 Å². The maximum atomic E-state index is 14.7. The Morgan fingerprint density at radius 3 is 2.53 bits per heavy atom. The third-order valence-electron chi connectivity index (χ3n) is 6.65. The maximum Gasteiger partial charge on any atom is 0.415 e. The summed E-state index contributed by atoms with van der Waals surface area (Å²) >= 11 is 0. The second-order valence-electron chi connectivity index (χ2n) is 9.35. The van der Waals surface area contributed by atoms with Crippen LogP contribution in [-0.2, 0) is 9.84 Å². The molecule has 3 heterocycles. The number of rotatable bonds is 5. The Balaban J connectivity index is 1.27. The number of hydrogen-bond acceptors (Lipinski definition) is 9. The van der Waals surface area contributed by atoms with Crippen LogP contribution in [0.15, 0.2) is 53.7 Å². The van der Waals surface area contributed by atoms with Crippen molar-refractivity contribution in [2.24, 2.45) is 0 Å². The molecule has 200 valence electrons. The van der Waals surface area contributed by atoms with Gasteiger partial charge in [-0.3, -0.25) is 0 Å². The molecule has 0 unspecified atom stereocenters. The van der Waals surface area contributed by atoms with E-state index in [1.54, 1.807) is 17.0 Å². The lowest BCUT2D eigenvalue weighted by molar-refractivity contribution is 0.137. The highest BCUT2D eigenvalue weighted by Gasteiger charge is 2.33. The molecule has 12 heteroatoms. The molecule has 0 saturated carbocycles. The van der Waals surface area contributed by atoms with Crippen molar-refractivity contribution >= 4 is 33.3 Å². The average Bonchev–Trinajstić information content (AvgIpc) is 2.90. The first-order chi connectivity index (χ1) is 18.2. The molecule has 0 bridgehead atoms. The number of nitrogens with zero attached hydrogens (tertiary/aromatic N) is 4. The number of amides is 1. The molecular formula is C26H28FN5O5S. The number of likely N-dealkylation sites (tertiary alicyclic amines) is 1. The average molecular weight is 542 g/mol. The molecule has 5 rings (SSSR count). The lowest BCUT2D eigenvalue weighted by Crippen LogP contribution is -2.50. The predicted molar refractivity (Wildman–Crippen MR) is 139 cm³/mol. The number of carbonyl (C=O) groups is 1. The van der Waals surface area contributed by atoms with Crippen LogP contribution in [0.3, 0.4) is 0 Å². The molecular weight excluding hydrogens is 513 g/mol. The Morgan fingerprint density at radius 2 is 1.84 bits per heavy atom. The number of hydrogen-bond donors (Lipinski definition) is 1. The molecule has 1 amide bonds. The van der Waals surface area contributed by atoms with Crippen LogP contribution in [0.4, 0.5) is 26.5 Å². The molecule has 38 heavy (non-hydrogen) atoms. The van der Waals surface area contributed by atoms with Crippen LogP contribution in [0, 0.1) is 12.7 Å². The van der Waals surface area contributed by atoms with Gasteiger partial charge < -0.3 is 24.6 Å². The fraction of sp³-hybridized carbons (Fsp3) is 0.346. The van der Waals surface area contributed by atoms with Crippen LogP contribution >= 0.6 is 0 Å². The van der Waals surface area contributed by atoms with Crippen LogP contribution < -0.4 is 19.7 Å². The number of nitrogens with one attached hydrogen (secondary N) is 1. The fourth-order valence-corrected chi connectivity index (χ4v) is 5.22. The van der Waals surface area contributed by atoms with Gasteiger partial charge in [-0.05, 0) is 50.1 Å². The van der Waals surface area contributed by atoms with E-state index in [2.05, 4.69) is 20.2 Å². The molecule has 0 atom stereocenters. The predicted octanol–water partition coefficient (Wildman–Crippen LogP) is 3.93. The quantitative estimate of drug-likeness (QED) is 0.513. The van der Waals surface area contributed by atoms with E-state index in [1.807, 2.05) is 19.1 Å². The standard InChI is InChI=1S/C26H28FN5O5S/c1-17-3-5-19(6-4-17)37-26(33)31-11-9-18(10-12-31)32-13-14-36-23-24(28-16-29-25(23)32)30-22-8-7-20(15-21(22)27)38(2,34)35/h3-8,15-16,18H,9-14H2,1-2H3,(H,28,29,30). The third-order valence-corrected chi connectivity index (χ3v) is 7.76. The number of aromatic nitrogens is 2. The Morgan fingerprint density at radius 1 is 1.11 bits per heavy atom. The van der Waals surface area contributed by atoms with Gasteiger partial charge in [-0.1, -0.05) is 17.7 Å². The molecule has 0 radical (unpaired) electrons. The number of aryl methyl sites for hydroxylation is 1. The van der Waals surface area contributed by atoms with E-state index < -0.39 is 15.7 Å². The maximum absolute atomic E-state index is 14.7. The zero-order valence-corrected chi connectivity index (χ0v) is 21.9. The first-order valence-electron chi connectivity index (χ1n) is 12.2. The Bertz CT molecular complexity index is 1440. The van der Waals surface area contributed by atoms with Gasteiger partial charge in [0.25, 0.3) is 0 Å². The number of halogens is 1. The molecule has 2 aliphatic rings. The summed E-state index contributed by atoms with van der Waals surface area (Å²) in [5.74, 6) is 1.06. The Labute approximate surface area is 220 Å². The highest BCUT2D eigenvalue weighted by Crippen LogP contribution is 2.39. The molecule has 2 aromatic carbocycles. The molecule has 1 N–H and O–H groups in total. The van der Waals surface area contributed by atoms with Crippen molar-refractivity contribution in [1.29, 1.82) is 0 Å². The number of sulfone groups is 1. The highest BCUT2D eigenvalue weighted by atomic mass is 32.2. The van der Waals surface area contributed by atoms with Crippen LogP contribution in [0.5, 0.6) is 11.5 Å². The molecule has 3 aromatic rings. The van der Waals surface area contributed by atoms with Gasteiger partial charge in [0.15, 0.2) is 21.5 Å². The SMILES string of the molecule is Cc1ccc(OC(=O)N2CCC(N3CCOc4c(Nc5ccc(S(C)(=O)=O)cc5F)ncnc43)CC2)cc1. The topological polar surface area (TPSA) is 114 Å². The van der Waals surface area contributed by atoms with Crippen molar-refractivity contribution in [3.05, 3.63) is 60.2 Å². The molecule has 0 spiro atoms.